The van der Waals surface area contributed by atoms with Crippen LogP contribution in [0.4, 0.5) is 0 Å². The third-order valence-electron chi connectivity index (χ3n) is 3.05. The van der Waals surface area contributed by atoms with E-state index >= 15 is 0 Å². The molecule has 1 atom stereocenters. The molecule has 0 fully saturated rings. The molecule has 1 aromatic carbocycles. The van der Waals surface area contributed by atoms with E-state index in [1.54, 1.807) is 33.2 Å². The van der Waals surface area contributed by atoms with Gasteiger partial charge in [0, 0.05) is 13.6 Å². The van der Waals surface area contributed by atoms with Gasteiger partial charge in [-0.2, -0.15) is 0 Å². The molecule has 5 nitrogen and oxygen atoms in total. The molecule has 0 aliphatic carbocycles. The number of hydrogen-bond donors (Lipinski definition) is 1. The fourth-order valence-electron chi connectivity index (χ4n) is 1.78. The molecule has 1 unspecified atom stereocenters. The molecule has 0 aliphatic heterocycles. The smallest absolute Gasteiger partial charge is 0.239 e. The van der Waals surface area contributed by atoms with Gasteiger partial charge in [-0.15, -0.1) is 0 Å². The van der Waals surface area contributed by atoms with E-state index in [-0.39, 0.29) is 11.9 Å². The quantitative estimate of drug-likeness (QED) is 0.842. The monoisotopic (exact) mass is 266 g/mol. The summed E-state index contributed by atoms with van der Waals surface area (Å²) in [7, 11) is 6.75. The van der Waals surface area contributed by atoms with Crippen LogP contribution in [0, 0.1) is 0 Å². The predicted octanol–water partition coefficient (Wildman–Crippen LogP) is 1.27. The topological polar surface area (TPSA) is 50.8 Å². The van der Waals surface area contributed by atoms with Crippen LogP contribution < -0.4 is 14.8 Å². The zero-order chi connectivity index (χ0) is 14.4. The maximum Gasteiger partial charge on any atom is 0.239 e. The molecular weight excluding hydrogens is 244 g/mol. The Kier molecular flexibility index (Phi) is 5.63. The van der Waals surface area contributed by atoms with Crippen molar-refractivity contribution < 1.29 is 14.3 Å². The zero-order valence-electron chi connectivity index (χ0n) is 12.2. The molecule has 0 bridgehead atoms. The maximum atomic E-state index is 12.0. The van der Waals surface area contributed by atoms with E-state index in [1.165, 1.54) is 0 Å². The standard InChI is InChI=1S/C14H22N2O3/c1-10(15-2)14(17)16(3)9-11-6-7-12(18-4)13(8-11)19-5/h6-8,10,15H,9H2,1-5H3. The molecule has 1 amide bonds. The highest BCUT2D eigenvalue weighted by molar-refractivity contribution is 5.81. The van der Waals surface area contributed by atoms with Gasteiger partial charge in [0.1, 0.15) is 0 Å². The maximum absolute atomic E-state index is 12.0. The Balaban J connectivity index is 2.79. The number of methoxy groups -OCH3 is 2. The van der Waals surface area contributed by atoms with Crippen molar-refractivity contribution in [3.63, 3.8) is 0 Å². The number of carbonyl (C=O) groups is 1. The van der Waals surface area contributed by atoms with Crippen LogP contribution in [0.1, 0.15) is 12.5 Å². The summed E-state index contributed by atoms with van der Waals surface area (Å²) in [4.78, 5) is 13.6. The largest absolute Gasteiger partial charge is 0.493 e. The number of carbonyl (C=O) groups excluding carboxylic acids is 1. The highest BCUT2D eigenvalue weighted by atomic mass is 16.5. The van der Waals surface area contributed by atoms with Crippen LogP contribution in [-0.4, -0.2) is 45.2 Å². The van der Waals surface area contributed by atoms with Crippen LogP contribution in [0.2, 0.25) is 0 Å². The van der Waals surface area contributed by atoms with Gasteiger partial charge in [-0.3, -0.25) is 4.79 Å². The van der Waals surface area contributed by atoms with Crippen LogP contribution >= 0.6 is 0 Å². The first-order chi connectivity index (χ1) is 9.03. The minimum Gasteiger partial charge on any atom is -0.493 e. The molecule has 1 rings (SSSR count). The number of ether oxygens (including phenoxy) is 2. The van der Waals surface area contributed by atoms with Crippen LogP contribution in [0.15, 0.2) is 18.2 Å². The van der Waals surface area contributed by atoms with Crippen LogP contribution in [0.25, 0.3) is 0 Å². The molecule has 1 aromatic rings. The molecule has 5 heteroatoms. The Labute approximate surface area is 114 Å². The lowest BCUT2D eigenvalue weighted by Crippen LogP contribution is -2.41. The first kappa shape index (κ1) is 15.3. The van der Waals surface area contributed by atoms with Crippen LogP contribution in [0.5, 0.6) is 11.5 Å². The lowest BCUT2D eigenvalue weighted by molar-refractivity contribution is -0.132. The van der Waals surface area contributed by atoms with Crippen molar-refractivity contribution in [1.29, 1.82) is 0 Å². The van der Waals surface area contributed by atoms with Gasteiger partial charge in [-0.05, 0) is 31.7 Å². The highest BCUT2D eigenvalue weighted by Gasteiger charge is 2.16. The first-order valence-corrected chi connectivity index (χ1v) is 6.16. The summed E-state index contributed by atoms with van der Waals surface area (Å²) in [6, 6.07) is 5.46. The van der Waals surface area contributed by atoms with Crippen molar-refractivity contribution in [2.75, 3.05) is 28.3 Å². The molecule has 1 N–H and O–H groups in total. The third-order valence-corrected chi connectivity index (χ3v) is 3.05. The number of nitrogens with one attached hydrogen (secondary N) is 1. The Hall–Kier alpha value is -1.75. The van der Waals surface area contributed by atoms with Crippen molar-refractivity contribution in [3.05, 3.63) is 23.8 Å². The van der Waals surface area contributed by atoms with Crippen molar-refractivity contribution in [2.24, 2.45) is 0 Å². The van der Waals surface area contributed by atoms with E-state index in [1.807, 2.05) is 25.1 Å². The third kappa shape index (κ3) is 3.86. The number of rotatable bonds is 6. The molecule has 19 heavy (non-hydrogen) atoms. The predicted molar refractivity (Wildman–Crippen MR) is 74.5 cm³/mol. The van der Waals surface area contributed by atoms with E-state index < -0.39 is 0 Å². The fourth-order valence-corrected chi connectivity index (χ4v) is 1.78. The molecule has 0 radical (unpaired) electrons. The molecule has 0 spiro atoms. The first-order valence-electron chi connectivity index (χ1n) is 6.16. The van der Waals surface area contributed by atoms with Gasteiger partial charge < -0.3 is 19.7 Å². The van der Waals surface area contributed by atoms with Gasteiger partial charge in [0.05, 0.1) is 20.3 Å². The summed E-state index contributed by atoms with van der Waals surface area (Å²) in [6.07, 6.45) is 0. The summed E-state index contributed by atoms with van der Waals surface area (Å²) in [5.41, 5.74) is 0.997. The fraction of sp³-hybridized carbons (Fsp3) is 0.500. The Morgan fingerprint density at radius 1 is 1.32 bits per heavy atom. The van der Waals surface area contributed by atoms with E-state index in [4.69, 9.17) is 9.47 Å². The van der Waals surface area contributed by atoms with Gasteiger partial charge in [0.15, 0.2) is 11.5 Å². The number of hydrogen-bond acceptors (Lipinski definition) is 4. The normalized spacial score (nSPS) is 11.8. The van der Waals surface area contributed by atoms with Crippen molar-refractivity contribution in [1.82, 2.24) is 10.2 Å². The lowest BCUT2D eigenvalue weighted by atomic mass is 10.1. The van der Waals surface area contributed by atoms with E-state index in [2.05, 4.69) is 5.32 Å². The molecule has 0 heterocycles. The van der Waals surface area contributed by atoms with Gasteiger partial charge in [-0.1, -0.05) is 6.07 Å². The molecule has 0 saturated carbocycles. The second-order valence-corrected chi connectivity index (χ2v) is 4.39. The number of nitrogens with zero attached hydrogens (tertiary/aromatic N) is 1. The van der Waals surface area contributed by atoms with Crippen LogP contribution in [-0.2, 0) is 11.3 Å². The average Bonchev–Trinajstić information content (AvgIpc) is 2.45. The lowest BCUT2D eigenvalue weighted by Gasteiger charge is -2.21. The summed E-state index contributed by atoms with van der Waals surface area (Å²) >= 11 is 0. The zero-order valence-corrected chi connectivity index (χ0v) is 12.2. The number of benzene rings is 1. The Morgan fingerprint density at radius 2 is 1.95 bits per heavy atom. The second kappa shape index (κ2) is 6.99. The van der Waals surface area contributed by atoms with Crippen molar-refractivity contribution in [3.8, 4) is 11.5 Å². The summed E-state index contributed by atoms with van der Waals surface area (Å²) < 4.78 is 10.4. The van der Waals surface area contributed by atoms with E-state index in [0.717, 1.165) is 5.56 Å². The van der Waals surface area contributed by atoms with Gasteiger partial charge >= 0.3 is 0 Å². The van der Waals surface area contributed by atoms with Gasteiger partial charge in [0.25, 0.3) is 0 Å². The Morgan fingerprint density at radius 3 is 2.47 bits per heavy atom. The van der Waals surface area contributed by atoms with Crippen molar-refractivity contribution >= 4 is 5.91 Å². The SMILES string of the molecule is CNC(C)C(=O)N(C)Cc1ccc(OC)c(OC)c1. The second-order valence-electron chi connectivity index (χ2n) is 4.39. The van der Waals surface area contributed by atoms with E-state index in [0.29, 0.717) is 18.0 Å². The average molecular weight is 266 g/mol. The summed E-state index contributed by atoms with van der Waals surface area (Å²) in [5, 5.41) is 2.94. The summed E-state index contributed by atoms with van der Waals surface area (Å²) in [6.45, 7) is 2.37. The van der Waals surface area contributed by atoms with Gasteiger partial charge in [0.2, 0.25) is 5.91 Å². The molecule has 0 saturated heterocycles. The minimum absolute atomic E-state index is 0.0530. The number of likely N-dealkylation sites (N-methyl/N-ethyl adjacent to an activating group) is 2. The molecule has 0 aromatic heterocycles. The van der Waals surface area contributed by atoms with Gasteiger partial charge in [-0.25, -0.2) is 0 Å². The highest BCUT2D eigenvalue weighted by Crippen LogP contribution is 2.27. The molecule has 106 valence electrons. The minimum atomic E-state index is -0.190. The van der Waals surface area contributed by atoms with Crippen LogP contribution in [0.3, 0.4) is 0 Å². The van der Waals surface area contributed by atoms with Crippen molar-refractivity contribution in [2.45, 2.75) is 19.5 Å². The molecule has 0 aliphatic rings. The Bertz CT molecular complexity index is 435. The molecular formula is C14H22N2O3. The number of amides is 1. The summed E-state index contributed by atoms with van der Waals surface area (Å²) in [5.74, 6) is 1.41. The van der Waals surface area contributed by atoms with E-state index in [9.17, 15) is 4.79 Å².